The molecular weight excluding hydrogens is 323 g/mol. The van der Waals surface area contributed by atoms with Crippen LogP contribution in [0.4, 0.5) is 14.9 Å². The van der Waals surface area contributed by atoms with E-state index in [1.54, 1.807) is 25.1 Å². The van der Waals surface area contributed by atoms with Gasteiger partial charge in [0, 0.05) is 11.3 Å². The normalized spacial score (nSPS) is 13.0. The molecule has 2 rings (SSSR count). The second-order valence-electron chi connectivity index (χ2n) is 6.17. The lowest BCUT2D eigenvalue weighted by Gasteiger charge is -2.24. The smallest absolute Gasteiger partial charge is 0.319 e. The Hall–Kier alpha value is -2.73. The van der Waals surface area contributed by atoms with Gasteiger partial charge in [0.05, 0.1) is 6.54 Å². The molecule has 0 radical (unpaired) electrons. The van der Waals surface area contributed by atoms with Gasteiger partial charge in [-0.25, -0.2) is 9.18 Å². The van der Waals surface area contributed by atoms with Gasteiger partial charge < -0.3 is 15.7 Å². The summed E-state index contributed by atoms with van der Waals surface area (Å²) in [6, 6.07) is 9.96. The third kappa shape index (κ3) is 4.87. The maximum Gasteiger partial charge on any atom is 0.319 e. The van der Waals surface area contributed by atoms with Crippen LogP contribution in [0.2, 0.25) is 0 Å². The number of ketones is 1. The first kappa shape index (κ1) is 18.6. The van der Waals surface area contributed by atoms with Crippen LogP contribution in [0.25, 0.3) is 0 Å². The van der Waals surface area contributed by atoms with Crippen molar-refractivity contribution < 1.29 is 19.1 Å². The maximum absolute atomic E-state index is 13.0. The van der Waals surface area contributed by atoms with Crippen LogP contribution in [0.5, 0.6) is 0 Å². The van der Waals surface area contributed by atoms with Gasteiger partial charge in [0.25, 0.3) is 0 Å². The van der Waals surface area contributed by atoms with E-state index in [0.717, 1.165) is 5.56 Å². The third-order valence-electron chi connectivity index (χ3n) is 3.92. The highest BCUT2D eigenvalue weighted by Gasteiger charge is 2.23. The molecule has 0 aliphatic rings. The molecule has 2 amide bonds. The summed E-state index contributed by atoms with van der Waals surface area (Å²) in [4.78, 5) is 23.4. The first-order valence-electron chi connectivity index (χ1n) is 7.84. The fourth-order valence-electron chi connectivity index (χ4n) is 2.48. The third-order valence-corrected chi connectivity index (χ3v) is 3.92. The molecule has 0 bridgehead atoms. The molecule has 5 nitrogen and oxygen atoms in total. The highest BCUT2D eigenvalue weighted by molar-refractivity contribution is 5.96. The number of Topliss-reactive ketones (excluding diaryl/α,β-unsaturated/α-hetero) is 1. The summed E-state index contributed by atoms with van der Waals surface area (Å²) >= 11 is 0. The minimum atomic E-state index is -1.33. The number of hydrogen-bond acceptors (Lipinski definition) is 3. The average molecular weight is 344 g/mol. The zero-order valence-corrected chi connectivity index (χ0v) is 14.4. The molecule has 6 heteroatoms. The molecule has 0 aliphatic carbocycles. The highest BCUT2D eigenvalue weighted by atomic mass is 19.1. The lowest BCUT2D eigenvalue weighted by atomic mass is 9.96. The molecule has 0 saturated carbocycles. The number of aliphatic hydroxyl groups is 1. The molecule has 25 heavy (non-hydrogen) atoms. The van der Waals surface area contributed by atoms with Crippen molar-refractivity contribution in [2.75, 3.05) is 11.9 Å². The van der Waals surface area contributed by atoms with E-state index in [-0.39, 0.29) is 12.3 Å². The number of halogens is 1. The summed E-state index contributed by atoms with van der Waals surface area (Å²) in [6.45, 7) is 4.76. The molecule has 0 spiro atoms. The second-order valence-corrected chi connectivity index (χ2v) is 6.17. The number of rotatable bonds is 5. The van der Waals surface area contributed by atoms with Gasteiger partial charge >= 0.3 is 6.03 Å². The zero-order chi connectivity index (χ0) is 18.6. The molecular formula is C19H21FN2O3. The zero-order valence-electron chi connectivity index (χ0n) is 14.4. The monoisotopic (exact) mass is 344 g/mol. The SMILES string of the molecule is CC(=O)c1ccc(NC(=O)NCC(C)(O)c2ccc(F)cc2)cc1C. The Kier molecular flexibility index (Phi) is 5.54. The summed E-state index contributed by atoms with van der Waals surface area (Å²) in [5, 5.41) is 15.7. The summed E-state index contributed by atoms with van der Waals surface area (Å²) in [5.74, 6) is -0.432. The van der Waals surface area contributed by atoms with Crippen molar-refractivity contribution in [3.63, 3.8) is 0 Å². The van der Waals surface area contributed by atoms with E-state index in [0.29, 0.717) is 16.8 Å². The van der Waals surface area contributed by atoms with Crippen LogP contribution < -0.4 is 10.6 Å². The number of anilines is 1. The molecule has 0 heterocycles. The first-order valence-corrected chi connectivity index (χ1v) is 7.84. The molecule has 0 aromatic heterocycles. The van der Waals surface area contributed by atoms with Crippen LogP contribution >= 0.6 is 0 Å². The Morgan fingerprint density at radius 1 is 1.16 bits per heavy atom. The van der Waals surface area contributed by atoms with E-state index >= 15 is 0 Å². The van der Waals surface area contributed by atoms with Gasteiger partial charge in [-0.2, -0.15) is 0 Å². The molecule has 2 aromatic carbocycles. The van der Waals surface area contributed by atoms with Gasteiger partial charge in [0.1, 0.15) is 11.4 Å². The first-order chi connectivity index (χ1) is 11.7. The van der Waals surface area contributed by atoms with Crippen molar-refractivity contribution in [2.45, 2.75) is 26.4 Å². The number of hydrogen-bond donors (Lipinski definition) is 3. The van der Waals surface area contributed by atoms with E-state index in [4.69, 9.17) is 0 Å². The minimum Gasteiger partial charge on any atom is -0.384 e. The Morgan fingerprint density at radius 3 is 2.36 bits per heavy atom. The predicted octanol–water partition coefficient (Wildman–Crippen LogP) is 3.37. The Bertz CT molecular complexity index is 786. The number of carbonyl (C=O) groups is 2. The number of aryl methyl sites for hydroxylation is 1. The van der Waals surface area contributed by atoms with E-state index in [1.165, 1.54) is 38.1 Å². The number of amides is 2. The number of benzene rings is 2. The van der Waals surface area contributed by atoms with Crippen LogP contribution in [-0.4, -0.2) is 23.5 Å². The minimum absolute atomic E-state index is 0.0381. The summed E-state index contributed by atoms with van der Waals surface area (Å²) < 4.78 is 13.0. The quantitative estimate of drug-likeness (QED) is 0.728. The van der Waals surface area contributed by atoms with E-state index in [2.05, 4.69) is 10.6 Å². The van der Waals surface area contributed by atoms with Crippen LogP contribution in [-0.2, 0) is 5.60 Å². The van der Waals surface area contributed by atoms with Crippen molar-refractivity contribution in [1.29, 1.82) is 0 Å². The maximum atomic E-state index is 13.0. The Labute approximate surface area is 145 Å². The van der Waals surface area contributed by atoms with E-state index < -0.39 is 17.4 Å². The molecule has 0 aliphatic heterocycles. The largest absolute Gasteiger partial charge is 0.384 e. The average Bonchev–Trinajstić information content (AvgIpc) is 2.53. The predicted molar refractivity (Wildman–Crippen MR) is 94.2 cm³/mol. The van der Waals surface area contributed by atoms with Gasteiger partial charge in [-0.1, -0.05) is 12.1 Å². The fourth-order valence-corrected chi connectivity index (χ4v) is 2.48. The lowest BCUT2D eigenvalue weighted by Crippen LogP contribution is -2.40. The molecule has 1 unspecified atom stereocenters. The van der Waals surface area contributed by atoms with Gasteiger partial charge in [-0.15, -0.1) is 0 Å². The van der Waals surface area contributed by atoms with Gasteiger partial charge in [0.15, 0.2) is 5.78 Å². The van der Waals surface area contributed by atoms with Crippen LogP contribution in [0.1, 0.15) is 35.3 Å². The molecule has 0 fully saturated rings. The Balaban J connectivity index is 1.97. The Morgan fingerprint density at radius 2 is 1.80 bits per heavy atom. The molecule has 1 atom stereocenters. The van der Waals surface area contributed by atoms with Crippen LogP contribution in [0, 0.1) is 12.7 Å². The van der Waals surface area contributed by atoms with E-state index in [1.807, 2.05) is 0 Å². The molecule has 2 aromatic rings. The highest BCUT2D eigenvalue weighted by Crippen LogP contribution is 2.20. The number of carbonyl (C=O) groups excluding carboxylic acids is 2. The fraction of sp³-hybridized carbons (Fsp3) is 0.263. The van der Waals surface area contributed by atoms with Crippen LogP contribution in [0.3, 0.4) is 0 Å². The van der Waals surface area contributed by atoms with Crippen molar-refractivity contribution in [2.24, 2.45) is 0 Å². The van der Waals surface area contributed by atoms with Crippen molar-refractivity contribution >= 4 is 17.5 Å². The van der Waals surface area contributed by atoms with Crippen LogP contribution in [0.15, 0.2) is 42.5 Å². The molecule has 3 N–H and O–H groups in total. The molecule has 0 saturated heterocycles. The lowest BCUT2D eigenvalue weighted by molar-refractivity contribution is 0.0599. The standard InChI is InChI=1S/C19H21FN2O3/c1-12-10-16(8-9-17(12)13(2)23)22-18(24)21-11-19(3,25)14-4-6-15(20)7-5-14/h4-10,25H,11H2,1-3H3,(H2,21,22,24). The topological polar surface area (TPSA) is 78.4 Å². The number of urea groups is 1. The van der Waals surface area contributed by atoms with Crippen molar-refractivity contribution in [3.8, 4) is 0 Å². The molecule has 132 valence electrons. The van der Waals surface area contributed by atoms with Gasteiger partial charge in [-0.3, -0.25) is 4.79 Å². The summed E-state index contributed by atoms with van der Waals surface area (Å²) in [6.07, 6.45) is 0. The second kappa shape index (κ2) is 7.44. The number of nitrogens with one attached hydrogen (secondary N) is 2. The van der Waals surface area contributed by atoms with Gasteiger partial charge in [-0.05, 0) is 62.2 Å². The van der Waals surface area contributed by atoms with Crippen molar-refractivity contribution in [3.05, 3.63) is 65.0 Å². The summed E-state index contributed by atoms with van der Waals surface area (Å²) in [7, 11) is 0. The van der Waals surface area contributed by atoms with Crippen molar-refractivity contribution in [1.82, 2.24) is 5.32 Å². The van der Waals surface area contributed by atoms with E-state index in [9.17, 15) is 19.1 Å². The van der Waals surface area contributed by atoms with Gasteiger partial charge in [0.2, 0.25) is 0 Å². The summed E-state index contributed by atoms with van der Waals surface area (Å²) in [5.41, 5.74) is 1.07.